The summed E-state index contributed by atoms with van der Waals surface area (Å²) in [6.07, 6.45) is 4.44. The van der Waals surface area contributed by atoms with Crippen LogP contribution in [-0.2, 0) is 4.74 Å². The first kappa shape index (κ1) is 19.9. The molecule has 1 spiro atoms. The van der Waals surface area contributed by atoms with E-state index in [9.17, 15) is 5.26 Å². The predicted molar refractivity (Wildman–Crippen MR) is 116 cm³/mol. The highest BCUT2D eigenvalue weighted by Crippen LogP contribution is 2.44. The lowest BCUT2D eigenvalue weighted by molar-refractivity contribution is -0.150. The Bertz CT molecular complexity index is 970. The Labute approximate surface area is 185 Å². The first-order valence-electron chi connectivity index (χ1n) is 10.2. The van der Waals surface area contributed by atoms with E-state index in [0.717, 1.165) is 62.9 Å². The maximum Gasteiger partial charge on any atom is 0.229 e. The van der Waals surface area contributed by atoms with Gasteiger partial charge >= 0.3 is 0 Å². The number of nitrogens with zero attached hydrogens (tertiary/aromatic N) is 6. The highest BCUT2D eigenvalue weighted by atomic mass is 35.5. The number of likely N-dealkylation sites (tertiary alicyclic amines) is 1. The van der Waals surface area contributed by atoms with E-state index in [1.165, 1.54) is 11.5 Å². The van der Waals surface area contributed by atoms with Crippen LogP contribution in [0.1, 0.15) is 25.0 Å². The molecule has 0 radical (unpaired) electrons. The standard InChI is InChI=1S/C20H24ClN7OS/c1-14-8-16(30-26-14)24-18-23-9-15(21)17(25-18)27-10-20(11-27,2-5-22)28-6-3-19(4-7-28)12-29-13-19/h8-9H,2-4,6-7,10-13H2,1H3,(H,23,24,25). The number of rotatable bonds is 5. The molecular formula is C20H24ClN7OS. The zero-order valence-corrected chi connectivity index (χ0v) is 18.5. The Morgan fingerprint density at radius 2 is 2.10 bits per heavy atom. The summed E-state index contributed by atoms with van der Waals surface area (Å²) < 4.78 is 9.72. The van der Waals surface area contributed by atoms with E-state index in [-0.39, 0.29) is 5.54 Å². The second kappa shape index (κ2) is 7.61. The van der Waals surface area contributed by atoms with Gasteiger partial charge in [-0.25, -0.2) is 4.98 Å². The number of aryl methyl sites for hydroxylation is 1. The van der Waals surface area contributed by atoms with Gasteiger partial charge in [0.2, 0.25) is 5.95 Å². The van der Waals surface area contributed by atoms with Gasteiger partial charge in [0.1, 0.15) is 10.0 Å². The van der Waals surface area contributed by atoms with Gasteiger partial charge in [0, 0.05) is 18.5 Å². The fraction of sp³-hybridized carbons (Fsp3) is 0.600. The summed E-state index contributed by atoms with van der Waals surface area (Å²) in [5.74, 6) is 1.21. The zero-order valence-electron chi connectivity index (χ0n) is 16.9. The van der Waals surface area contributed by atoms with Crippen molar-refractivity contribution in [2.75, 3.05) is 49.6 Å². The number of nitrogens with one attached hydrogen (secondary N) is 1. The van der Waals surface area contributed by atoms with E-state index in [1.54, 1.807) is 6.20 Å². The minimum atomic E-state index is -0.127. The maximum atomic E-state index is 9.50. The molecule has 158 valence electrons. The molecule has 30 heavy (non-hydrogen) atoms. The van der Waals surface area contributed by atoms with Gasteiger partial charge in [-0.15, -0.1) is 0 Å². The molecule has 0 amide bonds. The SMILES string of the molecule is Cc1cc(Nc2ncc(Cl)c(N3CC(CC#N)(N4CCC5(CC4)COC5)C3)n2)sn1. The van der Waals surface area contributed by atoms with E-state index >= 15 is 0 Å². The van der Waals surface area contributed by atoms with Crippen molar-refractivity contribution >= 4 is 39.9 Å². The molecule has 2 aromatic rings. The molecule has 0 saturated carbocycles. The van der Waals surface area contributed by atoms with Crippen molar-refractivity contribution in [3.05, 3.63) is 23.0 Å². The van der Waals surface area contributed by atoms with Crippen LogP contribution in [0.4, 0.5) is 16.8 Å². The molecule has 0 atom stereocenters. The highest BCUT2D eigenvalue weighted by molar-refractivity contribution is 7.10. The summed E-state index contributed by atoms with van der Waals surface area (Å²) >= 11 is 7.81. The maximum absolute atomic E-state index is 9.50. The van der Waals surface area contributed by atoms with E-state index in [2.05, 4.69) is 35.5 Å². The molecule has 3 fully saturated rings. The topological polar surface area (TPSA) is 90.2 Å². The molecule has 0 bridgehead atoms. The average molecular weight is 446 g/mol. The third-order valence-corrected chi connectivity index (χ3v) is 7.64. The number of anilines is 3. The van der Waals surface area contributed by atoms with Crippen LogP contribution >= 0.6 is 23.1 Å². The molecule has 0 aromatic carbocycles. The number of hydrogen-bond donors (Lipinski definition) is 1. The van der Waals surface area contributed by atoms with Crippen LogP contribution in [0, 0.1) is 23.7 Å². The Balaban J connectivity index is 1.29. The molecule has 8 nitrogen and oxygen atoms in total. The molecule has 5 rings (SSSR count). The number of hydrogen-bond acceptors (Lipinski definition) is 9. The molecule has 3 aliphatic heterocycles. The Hall–Kier alpha value is -1.99. The van der Waals surface area contributed by atoms with Crippen molar-refractivity contribution < 1.29 is 4.74 Å². The number of ether oxygens (including phenoxy) is 1. The molecule has 10 heteroatoms. The van der Waals surface area contributed by atoms with Crippen molar-refractivity contribution in [3.63, 3.8) is 0 Å². The molecule has 5 heterocycles. The quantitative estimate of drug-likeness (QED) is 0.750. The van der Waals surface area contributed by atoms with Crippen molar-refractivity contribution in [2.45, 2.75) is 31.7 Å². The Kier molecular flexibility index (Phi) is 5.06. The van der Waals surface area contributed by atoms with Crippen LogP contribution < -0.4 is 10.2 Å². The van der Waals surface area contributed by atoms with Gasteiger partial charge in [-0.3, -0.25) is 4.90 Å². The second-order valence-corrected chi connectivity index (χ2v) is 9.93. The number of halogens is 1. The van der Waals surface area contributed by atoms with E-state index in [4.69, 9.17) is 16.3 Å². The number of aromatic nitrogens is 3. The van der Waals surface area contributed by atoms with E-state index < -0.39 is 0 Å². The van der Waals surface area contributed by atoms with Crippen LogP contribution in [-0.4, -0.2) is 64.2 Å². The van der Waals surface area contributed by atoms with Crippen LogP contribution in [0.2, 0.25) is 5.02 Å². The van der Waals surface area contributed by atoms with Crippen molar-refractivity contribution in [3.8, 4) is 6.07 Å². The molecule has 0 aliphatic carbocycles. The molecule has 3 aliphatic rings. The third kappa shape index (κ3) is 3.52. The molecule has 2 aromatic heterocycles. The van der Waals surface area contributed by atoms with E-state index in [1.807, 2.05) is 13.0 Å². The number of nitriles is 1. The Morgan fingerprint density at radius 1 is 1.33 bits per heavy atom. The van der Waals surface area contributed by atoms with E-state index in [0.29, 0.717) is 28.6 Å². The number of piperidine rings is 1. The lowest BCUT2D eigenvalue weighted by Crippen LogP contribution is -2.72. The molecule has 1 N–H and O–H groups in total. The zero-order chi connectivity index (χ0) is 20.8. The van der Waals surface area contributed by atoms with Gasteiger partial charge in [-0.2, -0.15) is 14.6 Å². The van der Waals surface area contributed by atoms with Gasteiger partial charge in [-0.1, -0.05) is 11.6 Å². The van der Waals surface area contributed by atoms with Crippen molar-refractivity contribution in [1.82, 2.24) is 19.2 Å². The Morgan fingerprint density at radius 3 is 2.70 bits per heavy atom. The summed E-state index contributed by atoms with van der Waals surface area (Å²) in [4.78, 5) is 13.6. The summed E-state index contributed by atoms with van der Waals surface area (Å²) in [5.41, 5.74) is 1.22. The molecule has 0 unspecified atom stereocenters. The van der Waals surface area contributed by atoms with Gasteiger partial charge in [0.05, 0.1) is 43.1 Å². The average Bonchev–Trinajstić information content (AvgIpc) is 3.10. The van der Waals surface area contributed by atoms with Crippen LogP contribution in [0.25, 0.3) is 0 Å². The summed E-state index contributed by atoms with van der Waals surface area (Å²) in [6, 6.07) is 4.37. The largest absolute Gasteiger partial charge is 0.380 e. The molecule has 3 saturated heterocycles. The predicted octanol–water partition coefficient (Wildman–Crippen LogP) is 3.22. The smallest absolute Gasteiger partial charge is 0.229 e. The van der Waals surface area contributed by atoms with Crippen molar-refractivity contribution in [2.24, 2.45) is 5.41 Å². The lowest BCUT2D eigenvalue weighted by Gasteiger charge is -2.59. The minimum absolute atomic E-state index is 0.127. The minimum Gasteiger partial charge on any atom is -0.380 e. The second-order valence-electron chi connectivity index (χ2n) is 8.72. The lowest BCUT2D eigenvalue weighted by atomic mass is 9.74. The molecular weight excluding hydrogens is 422 g/mol. The van der Waals surface area contributed by atoms with Gasteiger partial charge in [0.25, 0.3) is 0 Å². The van der Waals surface area contributed by atoms with Gasteiger partial charge < -0.3 is 15.0 Å². The summed E-state index contributed by atoms with van der Waals surface area (Å²) in [6.45, 7) is 7.28. The fourth-order valence-corrected chi connectivity index (χ4v) is 5.56. The summed E-state index contributed by atoms with van der Waals surface area (Å²) in [5, 5.41) is 14.1. The fourth-order valence-electron chi connectivity index (χ4n) is 4.69. The van der Waals surface area contributed by atoms with Crippen LogP contribution in [0.5, 0.6) is 0 Å². The van der Waals surface area contributed by atoms with Crippen molar-refractivity contribution in [1.29, 1.82) is 5.26 Å². The van der Waals surface area contributed by atoms with Crippen LogP contribution in [0.3, 0.4) is 0 Å². The third-order valence-electron chi connectivity index (χ3n) is 6.58. The monoisotopic (exact) mass is 445 g/mol. The normalized spacial score (nSPS) is 22.2. The van der Waals surface area contributed by atoms with Crippen LogP contribution in [0.15, 0.2) is 12.3 Å². The van der Waals surface area contributed by atoms with Gasteiger partial charge in [-0.05, 0) is 50.5 Å². The summed E-state index contributed by atoms with van der Waals surface area (Å²) in [7, 11) is 0. The van der Waals surface area contributed by atoms with Gasteiger partial charge in [0.15, 0.2) is 5.82 Å². The first-order valence-corrected chi connectivity index (χ1v) is 11.3. The highest BCUT2D eigenvalue weighted by Gasteiger charge is 2.52. The first-order chi connectivity index (χ1) is 14.5.